The second kappa shape index (κ2) is 3.87. The van der Waals surface area contributed by atoms with Crippen LogP contribution in [-0.2, 0) is 16.0 Å². The smallest absolute Gasteiger partial charge is 0.323 e. The summed E-state index contributed by atoms with van der Waals surface area (Å²) < 4.78 is 4.46. The lowest BCUT2D eigenvalue weighted by atomic mass is 10.2. The van der Waals surface area contributed by atoms with Crippen LogP contribution in [0.3, 0.4) is 0 Å². The van der Waals surface area contributed by atoms with E-state index < -0.39 is 12.0 Å². The maximum atomic E-state index is 10.9. The molecule has 1 heterocycles. The minimum Gasteiger partial charge on any atom is -0.468 e. The van der Waals surface area contributed by atoms with Crippen molar-refractivity contribution in [1.82, 2.24) is 9.97 Å². The molecule has 0 radical (unpaired) electrons. The average molecular weight is 169 g/mol. The Morgan fingerprint density at radius 1 is 1.92 bits per heavy atom. The molecule has 1 aromatic rings. The largest absolute Gasteiger partial charge is 0.468 e. The van der Waals surface area contributed by atoms with Crippen molar-refractivity contribution in [2.75, 3.05) is 7.11 Å². The summed E-state index contributed by atoms with van der Waals surface area (Å²) in [4.78, 5) is 17.5. The standard InChI is InChI=1S/C7H11N3O2/c1-12-7(11)6(8)2-5-3-9-4-10-5/h3-4,6H,2,8H2,1H3,(H,9,10). The topological polar surface area (TPSA) is 81.0 Å². The second-order valence-electron chi connectivity index (χ2n) is 2.41. The van der Waals surface area contributed by atoms with Crippen LogP contribution in [0.4, 0.5) is 0 Å². The number of nitrogens with zero attached hydrogens (tertiary/aromatic N) is 1. The van der Waals surface area contributed by atoms with Crippen molar-refractivity contribution in [2.45, 2.75) is 12.5 Å². The Morgan fingerprint density at radius 3 is 3.17 bits per heavy atom. The van der Waals surface area contributed by atoms with Crippen molar-refractivity contribution >= 4 is 5.97 Å². The van der Waals surface area contributed by atoms with E-state index >= 15 is 0 Å². The third-order valence-electron chi connectivity index (χ3n) is 1.50. The van der Waals surface area contributed by atoms with Gasteiger partial charge in [0.05, 0.1) is 13.4 Å². The number of ether oxygens (including phenoxy) is 1. The highest BCUT2D eigenvalue weighted by atomic mass is 16.5. The summed E-state index contributed by atoms with van der Waals surface area (Å²) in [7, 11) is 1.31. The average Bonchev–Trinajstić information content (AvgIpc) is 2.55. The van der Waals surface area contributed by atoms with E-state index in [0.717, 1.165) is 5.69 Å². The molecule has 1 unspecified atom stereocenters. The summed E-state index contributed by atoms with van der Waals surface area (Å²) >= 11 is 0. The maximum Gasteiger partial charge on any atom is 0.323 e. The first-order chi connectivity index (χ1) is 5.74. The molecule has 0 fully saturated rings. The van der Waals surface area contributed by atoms with Crippen LogP contribution in [0.2, 0.25) is 0 Å². The van der Waals surface area contributed by atoms with Crippen LogP contribution < -0.4 is 5.73 Å². The van der Waals surface area contributed by atoms with Crippen molar-refractivity contribution < 1.29 is 9.53 Å². The van der Waals surface area contributed by atoms with Gasteiger partial charge in [-0.25, -0.2) is 4.98 Å². The Balaban J connectivity index is 2.47. The number of carbonyl (C=O) groups excluding carboxylic acids is 1. The van der Waals surface area contributed by atoms with Crippen LogP contribution in [0, 0.1) is 0 Å². The highest BCUT2D eigenvalue weighted by Gasteiger charge is 2.14. The number of imidazole rings is 1. The highest BCUT2D eigenvalue weighted by Crippen LogP contribution is 1.96. The van der Waals surface area contributed by atoms with E-state index in [4.69, 9.17) is 5.73 Å². The summed E-state index contributed by atoms with van der Waals surface area (Å²) in [5, 5.41) is 0. The quantitative estimate of drug-likeness (QED) is 0.595. The molecule has 3 N–H and O–H groups in total. The van der Waals surface area contributed by atoms with Gasteiger partial charge in [-0.2, -0.15) is 0 Å². The summed E-state index contributed by atoms with van der Waals surface area (Å²) in [6, 6.07) is -0.615. The fraction of sp³-hybridized carbons (Fsp3) is 0.429. The van der Waals surface area contributed by atoms with Gasteiger partial charge in [-0.1, -0.05) is 0 Å². The third kappa shape index (κ3) is 2.06. The molecular formula is C7H11N3O2. The fourth-order valence-electron chi connectivity index (χ4n) is 0.868. The van der Waals surface area contributed by atoms with Gasteiger partial charge in [-0.3, -0.25) is 4.79 Å². The molecule has 0 saturated heterocycles. The minimum absolute atomic E-state index is 0.412. The Kier molecular flexibility index (Phi) is 2.82. The predicted molar refractivity (Wildman–Crippen MR) is 42.3 cm³/mol. The van der Waals surface area contributed by atoms with E-state index in [2.05, 4.69) is 14.7 Å². The van der Waals surface area contributed by atoms with Gasteiger partial charge in [-0.15, -0.1) is 0 Å². The normalized spacial score (nSPS) is 12.5. The van der Waals surface area contributed by atoms with E-state index in [-0.39, 0.29) is 0 Å². The zero-order valence-corrected chi connectivity index (χ0v) is 6.78. The molecule has 0 aromatic carbocycles. The lowest BCUT2D eigenvalue weighted by Crippen LogP contribution is -2.33. The van der Waals surface area contributed by atoms with Crippen LogP contribution in [0.25, 0.3) is 0 Å². The summed E-state index contributed by atoms with van der Waals surface area (Å²) in [5.74, 6) is -0.412. The van der Waals surface area contributed by atoms with Crippen molar-refractivity contribution in [2.24, 2.45) is 5.73 Å². The van der Waals surface area contributed by atoms with Gasteiger partial charge in [0.1, 0.15) is 6.04 Å². The first-order valence-corrected chi connectivity index (χ1v) is 3.54. The molecule has 0 saturated carbocycles. The van der Waals surface area contributed by atoms with Gasteiger partial charge in [0, 0.05) is 18.3 Å². The minimum atomic E-state index is -0.615. The molecule has 1 rings (SSSR count). The molecule has 0 aliphatic rings. The number of nitrogens with two attached hydrogens (primary N) is 1. The van der Waals surface area contributed by atoms with Crippen molar-refractivity contribution in [1.29, 1.82) is 0 Å². The lowest BCUT2D eigenvalue weighted by molar-refractivity contribution is -0.142. The van der Waals surface area contributed by atoms with Crippen LogP contribution in [0.5, 0.6) is 0 Å². The van der Waals surface area contributed by atoms with Crippen LogP contribution in [-0.4, -0.2) is 29.1 Å². The second-order valence-corrected chi connectivity index (χ2v) is 2.41. The van der Waals surface area contributed by atoms with E-state index in [9.17, 15) is 4.79 Å². The number of methoxy groups -OCH3 is 1. The number of aromatic nitrogens is 2. The first kappa shape index (κ1) is 8.73. The molecule has 0 aliphatic carbocycles. The number of aromatic amines is 1. The first-order valence-electron chi connectivity index (χ1n) is 3.54. The van der Waals surface area contributed by atoms with Gasteiger partial charge in [0.15, 0.2) is 0 Å². The van der Waals surface area contributed by atoms with E-state index in [1.807, 2.05) is 0 Å². The number of rotatable bonds is 3. The number of nitrogens with one attached hydrogen (secondary N) is 1. The molecular weight excluding hydrogens is 158 g/mol. The molecule has 66 valence electrons. The molecule has 1 aromatic heterocycles. The van der Waals surface area contributed by atoms with E-state index in [1.54, 1.807) is 12.5 Å². The van der Waals surface area contributed by atoms with Gasteiger partial charge in [0.2, 0.25) is 0 Å². The predicted octanol–water partition coefficient (Wildman–Crippen LogP) is -0.548. The Bertz CT molecular complexity index is 245. The van der Waals surface area contributed by atoms with Crippen molar-refractivity contribution in [3.8, 4) is 0 Å². The van der Waals surface area contributed by atoms with Gasteiger partial charge in [0.25, 0.3) is 0 Å². The van der Waals surface area contributed by atoms with E-state index in [1.165, 1.54) is 7.11 Å². The van der Waals surface area contributed by atoms with Gasteiger partial charge < -0.3 is 15.5 Å². The van der Waals surface area contributed by atoms with Crippen LogP contribution in [0.15, 0.2) is 12.5 Å². The summed E-state index contributed by atoms with van der Waals surface area (Å²) in [6.45, 7) is 0. The molecule has 1 atom stereocenters. The molecule has 5 nitrogen and oxygen atoms in total. The highest BCUT2D eigenvalue weighted by molar-refractivity contribution is 5.75. The Hall–Kier alpha value is -1.36. The number of carbonyl (C=O) groups is 1. The molecule has 0 spiro atoms. The molecule has 0 amide bonds. The maximum absolute atomic E-state index is 10.9. The van der Waals surface area contributed by atoms with Crippen molar-refractivity contribution in [3.05, 3.63) is 18.2 Å². The number of hydrogen-bond donors (Lipinski definition) is 2. The summed E-state index contributed by atoms with van der Waals surface area (Å²) in [5.41, 5.74) is 6.32. The zero-order chi connectivity index (χ0) is 8.97. The zero-order valence-electron chi connectivity index (χ0n) is 6.78. The van der Waals surface area contributed by atoms with E-state index in [0.29, 0.717) is 6.42 Å². The molecule has 0 bridgehead atoms. The van der Waals surface area contributed by atoms with Gasteiger partial charge >= 0.3 is 5.97 Å². The monoisotopic (exact) mass is 169 g/mol. The van der Waals surface area contributed by atoms with Gasteiger partial charge in [-0.05, 0) is 0 Å². The lowest BCUT2D eigenvalue weighted by Gasteiger charge is -2.06. The van der Waals surface area contributed by atoms with Crippen LogP contribution in [0.1, 0.15) is 5.69 Å². The SMILES string of the molecule is COC(=O)C(N)Cc1cnc[nH]1. The fourth-order valence-corrected chi connectivity index (χ4v) is 0.868. The summed E-state index contributed by atoms with van der Waals surface area (Å²) in [6.07, 6.45) is 3.59. The number of esters is 1. The van der Waals surface area contributed by atoms with Crippen LogP contribution >= 0.6 is 0 Å². The third-order valence-corrected chi connectivity index (χ3v) is 1.50. The number of H-pyrrole nitrogens is 1. The number of hydrogen-bond acceptors (Lipinski definition) is 4. The molecule has 0 aliphatic heterocycles. The molecule has 5 heteroatoms. The van der Waals surface area contributed by atoms with Crippen molar-refractivity contribution in [3.63, 3.8) is 0 Å². The molecule has 12 heavy (non-hydrogen) atoms. The Morgan fingerprint density at radius 2 is 2.67 bits per heavy atom. The Labute approximate surface area is 69.9 Å².